The third-order valence-corrected chi connectivity index (χ3v) is 5.94. The summed E-state index contributed by atoms with van der Waals surface area (Å²) < 4.78 is 23.0. The molecule has 0 unspecified atom stereocenters. The highest BCUT2D eigenvalue weighted by Crippen LogP contribution is 2.30. The van der Waals surface area contributed by atoms with E-state index in [1.54, 1.807) is 36.4 Å². The van der Waals surface area contributed by atoms with Gasteiger partial charge in [-0.2, -0.15) is 0 Å². The fraction of sp³-hybridized carbons (Fsp3) is 0.370. The summed E-state index contributed by atoms with van der Waals surface area (Å²) >= 11 is 1.08. The molecule has 0 aliphatic rings. The van der Waals surface area contributed by atoms with E-state index in [0.29, 0.717) is 51.8 Å². The Hall–Kier alpha value is -3.33. The molecular weight excluding hydrogens is 477 g/mol. The first-order chi connectivity index (χ1) is 17.0. The second-order valence-corrected chi connectivity index (χ2v) is 10.3. The molecular formula is C27H34FN5O2S. The molecule has 0 spiro atoms. The van der Waals surface area contributed by atoms with Crippen molar-refractivity contribution in [2.24, 2.45) is 5.92 Å². The van der Waals surface area contributed by atoms with Crippen LogP contribution in [0.1, 0.15) is 51.9 Å². The van der Waals surface area contributed by atoms with E-state index in [-0.39, 0.29) is 18.0 Å². The molecule has 3 aromatic rings. The molecule has 2 aromatic heterocycles. The highest BCUT2D eigenvalue weighted by atomic mass is 32.2. The Balaban J connectivity index is 1.99. The predicted octanol–water partition coefficient (Wildman–Crippen LogP) is 5.96. The van der Waals surface area contributed by atoms with Gasteiger partial charge in [-0.25, -0.2) is 14.4 Å². The Morgan fingerprint density at radius 1 is 1.06 bits per heavy atom. The van der Waals surface area contributed by atoms with E-state index in [1.807, 2.05) is 41.5 Å². The highest BCUT2D eigenvalue weighted by Gasteiger charge is 2.24. The summed E-state index contributed by atoms with van der Waals surface area (Å²) in [6, 6.07) is 13.4. The maximum atomic E-state index is 14.5. The first-order valence-electron chi connectivity index (χ1n) is 12.0. The van der Waals surface area contributed by atoms with Gasteiger partial charge in [0.2, 0.25) is 0 Å². The number of nitrogen functional groups attached to an aromatic ring is 1. The van der Waals surface area contributed by atoms with Gasteiger partial charge in [0.1, 0.15) is 28.2 Å². The van der Waals surface area contributed by atoms with Crippen LogP contribution in [0.2, 0.25) is 0 Å². The normalized spacial score (nSPS) is 11.3. The van der Waals surface area contributed by atoms with Gasteiger partial charge in [0, 0.05) is 35.7 Å². The lowest BCUT2D eigenvalue weighted by molar-refractivity contribution is 0.0984. The molecule has 3 rings (SSSR count). The monoisotopic (exact) mass is 511 g/mol. The van der Waals surface area contributed by atoms with Crippen LogP contribution in [0.5, 0.6) is 5.75 Å². The third-order valence-electron chi connectivity index (χ3n) is 5.22. The molecule has 9 heteroatoms. The number of rotatable bonds is 10. The maximum absolute atomic E-state index is 14.5. The number of aromatic nitrogens is 2. The number of carbonyl (C=O) groups excluding carboxylic acids is 1. The van der Waals surface area contributed by atoms with Crippen molar-refractivity contribution < 1.29 is 13.9 Å². The molecule has 0 aliphatic heterocycles. The summed E-state index contributed by atoms with van der Waals surface area (Å²) in [5.41, 5.74) is 7.28. The Labute approximate surface area is 216 Å². The molecule has 0 aliphatic carbocycles. The van der Waals surface area contributed by atoms with Crippen LogP contribution in [-0.4, -0.2) is 34.6 Å². The lowest BCUT2D eigenvalue weighted by Gasteiger charge is -2.33. The lowest BCUT2D eigenvalue weighted by atomic mass is 10.1. The summed E-state index contributed by atoms with van der Waals surface area (Å²) in [4.78, 5) is 24.4. The van der Waals surface area contributed by atoms with Gasteiger partial charge in [-0.1, -0.05) is 19.9 Å². The van der Waals surface area contributed by atoms with Gasteiger partial charge in [0.05, 0.1) is 17.9 Å². The smallest absolute Gasteiger partial charge is 0.265 e. The molecule has 3 N–H and O–H groups in total. The van der Waals surface area contributed by atoms with Gasteiger partial charge in [0.25, 0.3) is 5.91 Å². The summed E-state index contributed by atoms with van der Waals surface area (Å²) in [5.74, 6) is 0.921. The van der Waals surface area contributed by atoms with Gasteiger partial charge in [-0.15, -0.1) is 0 Å². The molecule has 0 radical (unpaired) electrons. The average molecular weight is 512 g/mol. The van der Waals surface area contributed by atoms with Crippen molar-refractivity contribution in [2.45, 2.75) is 58.7 Å². The van der Waals surface area contributed by atoms with E-state index in [1.165, 1.54) is 12.1 Å². The van der Waals surface area contributed by atoms with Crippen molar-refractivity contribution >= 4 is 29.5 Å². The Morgan fingerprint density at radius 2 is 1.78 bits per heavy atom. The predicted molar refractivity (Wildman–Crippen MR) is 145 cm³/mol. The zero-order valence-electron chi connectivity index (χ0n) is 21.6. The molecule has 1 amide bonds. The van der Waals surface area contributed by atoms with Crippen LogP contribution in [0.25, 0.3) is 11.3 Å². The van der Waals surface area contributed by atoms with Gasteiger partial charge in [0.15, 0.2) is 0 Å². The quantitative estimate of drug-likeness (QED) is 0.324. The molecule has 7 nitrogen and oxygen atoms in total. The van der Waals surface area contributed by atoms with Crippen molar-refractivity contribution in [3.8, 4) is 17.0 Å². The third kappa shape index (κ3) is 7.10. The fourth-order valence-electron chi connectivity index (χ4n) is 3.77. The Kier molecular flexibility index (Phi) is 9.14. The number of nitrogens with two attached hydrogens (primary N) is 1. The summed E-state index contributed by atoms with van der Waals surface area (Å²) in [6.45, 7) is 12.7. The van der Waals surface area contributed by atoms with Crippen molar-refractivity contribution in [3.63, 3.8) is 0 Å². The van der Waals surface area contributed by atoms with Crippen molar-refractivity contribution in [1.29, 1.82) is 0 Å². The number of ether oxygens (including phenoxy) is 1. The van der Waals surface area contributed by atoms with E-state index >= 15 is 0 Å². The number of halogens is 1. The van der Waals surface area contributed by atoms with Crippen molar-refractivity contribution in [3.05, 3.63) is 59.9 Å². The number of nitrogens with one attached hydrogen (secondary N) is 1. The number of anilines is 2. The SMILES string of the molecule is CC(C)COc1cc(F)cc(-c2ccc(C(=O)NSc3cccc(N)n3)c(N(C(C)C)C(C)C)n2)c1. The van der Waals surface area contributed by atoms with Crippen LogP contribution >= 0.6 is 11.9 Å². The number of nitrogens with zero attached hydrogens (tertiary/aromatic N) is 3. The highest BCUT2D eigenvalue weighted by molar-refractivity contribution is 7.97. The second-order valence-electron chi connectivity index (χ2n) is 9.48. The minimum absolute atomic E-state index is 0.0694. The number of benzene rings is 1. The minimum Gasteiger partial charge on any atom is -0.493 e. The van der Waals surface area contributed by atoms with E-state index < -0.39 is 5.82 Å². The van der Waals surface area contributed by atoms with Crippen LogP contribution in [0.4, 0.5) is 16.0 Å². The van der Waals surface area contributed by atoms with E-state index in [0.717, 1.165) is 11.9 Å². The standard InChI is InChI=1S/C27H34FN5O2S/c1-16(2)15-35-21-13-19(12-20(28)14-21)23-11-10-22(26(30-23)33(17(3)4)18(5)6)27(34)32-36-25-9-7-8-24(29)31-25/h7-14,16-18H,15H2,1-6H3,(H2,29,31)(H,32,34). The first kappa shape index (κ1) is 27.3. The number of hydrogen-bond acceptors (Lipinski definition) is 7. The molecule has 192 valence electrons. The Morgan fingerprint density at radius 3 is 2.42 bits per heavy atom. The second kappa shape index (κ2) is 12.1. The van der Waals surface area contributed by atoms with Gasteiger partial charge in [-0.3, -0.25) is 9.52 Å². The van der Waals surface area contributed by atoms with Crippen LogP contribution in [-0.2, 0) is 0 Å². The molecule has 2 heterocycles. The maximum Gasteiger partial charge on any atom is 0.265 e. The molecule has 0 bridgehead atoms. The van der Waals surface area contributed by atoms with Gasteiger partial charge < -0.3 is 15.4 Å². The van der Waals surface area contributed by atoms with Crippen molar-refractivity contribution in [1.82, 2.24) is 14.7 Å². The molecule has 0 atom stereocenters. The van der Waals surface area contributed by atoms with Gasteiger partial charge >= 0.3 is 0 Å². The average Bonchev–Trinajstić information content (AvgIpc) is 2.80. The van der Waals surface area contributed by atoms with Crippen LogP contribution in [0.15, 0.2) is 53.6 Å². The lowest BCUT2D eigenvalue weighted by Crippen LogP contribution is -2.39. The number of pyridine rings is 2. The van der Waals surface area contributed by atoms with Crippen molar-refractivity contribution in [2.75, 3.05) is 17.2 Å². The summed E-state index contributed by atoms with van der Waals surface area (Å²) in [6.07, 6.45) is 0. The summed E-state index contributed by atoms with van der Waals surface area (Å²) in [5, 5.41) is 0.577. The topological polar surface area (TPSA) is 93.4 Å². The Bertz CT molecular complexity index is 1190. The molecule has 0 saturated heterocycles. The number of carbonyl (C=O) groups is 1. The molecule has 36 heavy (non-hydrogen) atoms. The number of amides is 1. The largest absolute Gasteiger partial charge is 0.493 e. The first-order valence-corrected chi connectivity index (χ1v) is 12.8. The van der Waals surface area contributed by atoms with E-state index in [2.05, 4.69) is 14.6 Å². The van der Waals surface area contributed by atoms with E-state index in [4.69, 9.17) is 15.5 Å². The van der Waals surface area contributed by atoms with Gasteiger partial charge in [-0.05, 0) is 70.0 Å². The molecule has 0 saturated carbocycles. The van der Waals surface area contributed by atoms with Crippen LogP contribution < -0.4 is 20.1 Å². The minimum atomic E-state index is -0.410. The fourth-order valence-corrected chi connectivity index (χ4v) is 4.37. The summed E-state index contributed by atoms with van der Waals surface area (Å²) in [7, 11) is 0. The van der Waals surface area contributed by atoms with E-state index in [9.17, 15) is 9.18 Å². The molecule has 0 fully saturated rings. The molecule has 1 aromatic carbocycles. The zero-order valence-corrected chi connectivity index (χ0v) is 22.4. The van der Waals surface area contributed by atoms with Crippen LogP contribution in [0, 0.1) is 11.7 Å². The number of hydrogen-bond donors (Lipinski definition) is 2. The zero-order chi connectivity index (χ0) is 26.4. The van der Waals surface area contributed by atoms with Crippen LogP contribution in [0.3, 0.4) is 0 Å².